The Morgan fingerprint density at radius 3 is 2.60 bits per heavy atom. The van der Waals surface area contributed by atoms with Gasteiger partial charge in [-0.1, -0.05) is 6.07 Å². The normalized spacial score (nSPS) is 10.5. The van der Waals surface area contributed by atoms with Crippen LogP contribution in [0.2, 0.25) is 0 Å². The Kier molecular flexibility index (Phi) is 6.79. The molecule has 3 rings (SSSR count). The van der Waals surface area contributed by atoms with Gasteiger partial charge in [-0.2, -0.15) is 5.10 Å². The van der Waals surface area contributed by atoms with E-state index in [1.165, 1.54) is 28.9 Å². The second kappa shape index (κ2) is 9.69. The number of hydrogen-bond donors (Lipinski definition) is 1. The molecule has 0 atom stereocenters. The van der Waals surface area contributed by atoms with Gasteiger partial charge in [0.25, 0.3) is 5.56 Å². The van der Waals surface area contributed by atoms with E-state index in [1.54, 1.807) is 38.5 Å². The van der Waals surface area contributed by atoms with Crippen LogP contribution in [0.4, 0.5) is 10.1 Å². The van der Waals surface area contributed by atoms with Gasteiger partial charge in [-0.05, 0) is 48.9 Å². The molecule has 0 aliphatic rings. The predicted molar refractivity (Wildman–Crippen MR) is 111 cm³/mol. The molecule has 1 heterocycles. The maximum absolute atomic E-state index is 13.2. The maximum atomic E-state index is 13.2. The Labute approximate surface area is 173 Å². The molecule has 3 aromatic rings. The number of aryl methyl sites for hydroxylation is 1. The zero-order chi connectivity index (χ0) is 21.5. The molecule has 1 N–H and O–H groups in total. The Morgan fingerprint density at radius 2 is 1.87 bits per heavy atom. The Morgan fingerprint density at radius 1 is 1.07 bits per heavy atom. The first kappa shape index (κ1) is 21.0. The Hall–Kier alpha value is -3.68. The summed E-state index contributed by atoms with van der Waals surface area (Å²) in [4.78, 5) is 24.2. The molecule has 156 valence electrons. The first-order valence-corrected chi connectivity index (χ1v) is 9.36. The molecule has 8 heteroatoms. The lowest BCUT2D eigenvalue weighted by Gasteiger charge is -2.11. The second-order valence-corrected chi connectivity index (χ2v) is 6.51. The number of benzene rings is 2. The van der Waals surface area contributed by atoms with Crippen LogP contribution in [0, 0.1) is 5.82 Å². The van der Waals surface area contributed by atoms with Crippen molar-refractivity contribution in [1.29, 1.82) is 0 Å². The molecule has 0 aliphatic carbocycles. The van der Waals surface area contributed by atoms with Gasteiger partial charge in [-0.3, -0.25) is 9.59 Å². The maximum Gasteiger partial charge on any atom is 0.266 e. The number of nitrogens with one attached hydrogen (secondary N) is 1. The summed E-state index contributed by atoms with van der Waals surface area (Å²) in [5, 5.41) is 7.02. The minimum absolute atomic E-state index is 0.172. The summed E-state index contributed by atoms with van der Waals surface area (Å²) < 4.78 is 25.1. The topological polar surface area (TPSA) is 82.5 Å². The number of halogens is 1. The highest BCUT2D eigenvalue weighted by Gasteiger charge is 2.10. The lowest BCUT2D eigenvalue weighted by Crippen LogP contribution is -2.23. The zero-order valence-corrected chi connectivity index (χ0v) is 16.7. The van der Waals surface area contributed by atoms with Crippen LogP contribution in [-0.2, 0) is 11.3 Å². The van der Waals surface area contributed by atoms with E-state index in [9.17, 15) is 14.0 Å². The number of ether oxygens (including phenoxy) is 2. The summed E-state index contributed by atoms with van der Waals surface area (Å²) >= 11 is 0. The first-order valence-electron chi connectivity index (χ1n) is 9.36. The monoisotopic (exact) mass is 411 g/mol. The third-order valence-electron chi connectivity index (χ3n) is 4.43. The molecule has 2 aromatic carbocycles. The number of rotatable bonds is 8. The molecule has 7 nitrogen and oxygen atoms in total. The SMILES string of the molecule is COc1ccc(-c2ccc(=O)n(CCCC(=O)Nc3cccc(F)c3)n2)cc1OC. The molecule has 0 radical (unpaired) electrons. The average molecular weight is 411 g/mol. The van der Waals surface area contributed by atoms with Crippen molar-refractivity contribution >= 4 is 11.6 Å². The van der Waals surface area contributed by atoms with Crippen LogP contribution in [0.3, 0.4) is 0 Å². The van der Waals surface area contributed by atoms with Crippen molar-refractivity contribution in [2.24, 2.45) is 0 Å². The standard InChI is InChI=1S/C22H22FN3O4/c1-29-19-10-8-15(13-20(19)30-2)18-9-11-22(28)26(25-18)12-4-7-21(27)24-17-6-3-5-16(23)14-17/h3,5-6,8-11,13-14H,4,7,12H2,1-2H3,(H,24,27). The Bertz CT molecular complexity index is 1100. The molecule has 0 saturated carbocycles. The fraction of sp³-hybridized carbons (Fsp3) is 0.227. The van der Waals surface area contributed by atoms with Crippen molar-refractivity contribution in [3.8, 4) is 22.8 Å². The summed E-state index contributed by atoms with van der Waals surface area (Å²) in [5.74, 6) is 0.475. The van der Waals surface area contributed by atoms with E-state index < -0.39 is 5.82 Å². The average Bonchev–Trinajstić information content (AvgIpc) is 2.74. The van der Waals surface area contributed by atoms with E-state index in [0.29, 0.717) is 29.3 Å². The van der Waals surface area contributed by atoms with Crippen molar-refractivity contribution in [2.75, 3.05) is 19.5 Å². The summed E-state index contributed by atoms with van der Waals surface area (Å²) in [5.41, 5.74) is 1.50. The number of carbonyl (C=O) groups is 1. The third-order valence-corrected chi connectivity index (χ3v) is 4.43. The summed E-state index contributed by atoms with van der Waals surface area (Å²) in [6, 6.07) is 14.1. The van der Waals surface area contributed by atoms with Gasteiger partial charge in [0.15, 0.2) is 11.5 Å². The van der Waals surface area contributed by atoms with Crippen molar-refractivity contribution in [3.63, 3.8) is 0 Å². The summed E-state index contributed by atoms with van der Waals surface area (Å²) in [6.45, 7) is 0.274. The van der Waals surface area contributed by atoms with Gasteiger partial charge in [0.05, 0.1) is 19.9 Å². The lowest BCUT2D eigenvalue weighted by atomic mass is 10.1. The quantitative estimate of drug-likeness (QED) is 0.614. The minimum atomic E-state index is -0.421. The fourth-order valence-electron chi connectivity index (χ4n) is 2.94. The van der Waals surface area contributed by atoms with E-state index in [-0.39, 0.29) is 24.4 Å². The molecule has 30 heavy (non-hydrogen) atoms. The number of aromatic nitrogens is 2. The molecule has 0 fully saturated rings. The highest BCUT2D eigenvalue weighted by atomic mass is 19.1. The van der Waals surface area contributed by atoms with Crippen LogP contribution in [0.25, 0.3) is 11.3 Å². The van der Waals surface area contributed by atoms with Crippen molar-refractivity contribution in [2.45, 2.75) is 19.4 Å². The third kappa shape index (κ3) is 5.22. The minimum Gasteiger partial charge on any atom is -0.493 e. The number of amides is 1. The van der Waals surface area contributed by atoms with E-state index in [4.69, 9.17) is 9.47 Å². The highest BCUT2D eigenvalue weighted by Crippen LogP contribution is 2.31. The van der Waals surface area contributed by atoms with Crippen LogP contribution < -0.4 is 20.3 Å². The predicted octanol–water partition coefficient (Wildman–Crippen LogP) is 3.49. The van der Waals surface area contributed by atoms with Gasteiger partial charge in [-0.15, -0.1) is 0 Å². The van der Waals surface area contributed by atoms with Crippen molar-refractivity contribution in [1.82, 2.24) is 9.78 Å². The van der Waals surface area contributed by atoms with E-state index >= 15 is 0 Å². The van der Waals surface area contributed by atoms with Gasteiger partial charge in [-0.25, -0.2) is 9.07 Å². The van der Waals surface area contributed by atoms with E-state index in [1.807, 2.05) is 6.07 Å². The van der Waals surface area contributed by atoms with Crippen LogP contribution in [0.5, 0.6) is 11.5 Å². The van der Waals surface area contributed by atoms with Crippen LogP contribution in [0.15, 0.2) is 59.4 Å². The van der Waals surface area contributed by atoms with Gasteiger partial charge in [0, 0.05) is 30.3 Å². The van der Waals surface area contributed by atoms with Crippen LogP contribution >= 0.6 is 0 Å². The molecule has 0 bridgehead atoms. The van der Waals surface area contributed by atoms with Crippen molar-refractivity contribution < 1.29 is 18.7 Å². The molecule has 1 aromatic heterocycles. The summed E-state index contributed by atoms with van der Waals surface area (Å²) in [7, 11) is 3.10. The zero-order valence-electron chi connectivity index (χ0n) is 16.7. The van der Waals surface area contributed by atoms with Crippen molar-refractivity contribution in [3.05, 3.63) is 70.8 Å². The van der Waals surface area contributed by atoms with Gasteiger partial charge < -0.3 is 14.8 Å². The first-order chi connectivity index (χ1) is 14.5. The number of carbonyl (C=O) groups excluding carboxylic acids is 1. The number of anilines is 1. The fourth-order valence-corrected chi connectivity index (χ4v) is 2.94. The molecular weight excluding hydrogens is 389 g/mol. The molecule has 0 aliphatic heterocycles. The lowest BCUT2D eigenvalue weighted by molar-refractivity contribution is -0.116. The smallest absolute Gasteiger partial charge is 0.266 e. The number of methoxy groups -OCH3 is 2. The highest BCUT2D eigenvalue weighted by molar-refractivity contribution is 5.90. The van der Waals surface area contributed by atoms with E-state index in [2.05, 4.69) is 10.4 Å². The molecule has 0 spiro atoms. The number of nitrogens with zero attached hydrogens (tertiary/aromatic N) is 2. The van der Waals surface area contributed by atoms with E-state index in [0.717, 1.165) is 5.56 Å². The molecule has 0 unspecified atom stereocenters. The second-order valence-electron chi connectivity index (χ2n) is 6.51. The molecular formula is C22H22FN3O4. The van der Waals surface area contributed by atoms with Crippen LogP contribution in [-0.4, -0.2) is 29.9 Å². The van der Waals surface area contributed by atoms with Crippen LogP contribution in [0.1, 0.15) is 12.8 Å². The van der Waals surface area contributed by atoms with Gasteiger partial charge >= 0.3 is 0 Å². The molecule has 0 saturated heterocycles. The molecule has 1 amide bonds. The van der Waals surface area contributed by atoms with Gasteiger partial charge in [0.1, 0.15) is 5.82 Å². The largest absolute Gasteiger partial charge is 0.493 e. The number of hydrogen-bond acceptors (Lipinski definition) is 5. The summed E-state index contributed by atoms with van der Waals surface area (Å²) in [6.07, 6.45) is 0.578. The van der Waals surface area contributed by atoms with Gasteiger partial charge in [0.2, 0.25) is 5.91 Å². The Balaban J connectivity index is 1.66.